The number of hydrogen-bond donors (Lipinski definition) is 2. The monoisotopic (exact) mass is 240 g/mol. The van der Waals surface area contributed by atoms with E-state index in [1.165, 1.54) is 32.1 Å². The van der Waals surface area contributed by atoms with Gasteiger partial charge in [-0.25, -0.2) is 0 Å². The van der Waals surface area contributed by atoms with Gasteiger partial charge in [0.05, 0.1) is 12.2 Å². The molecule has 1 aliphatic heterocycles. The molecule has 0 bridgehead atoms. The third-order valence-electron chi connectivity index (χ3n) is 4.24. The molecule has 0 aromatic heterocycles. The number of nitrogens with one attached hydrogen (secondary N) is 2. The van der Waals surface area contributed by atoms with Crippen molar-refractivity contribution in [2.75, 3.05) is 26.2 Å². The molecule has 2 fully saturated rings. The molecule has 0 amide bonds. The van der Waals surface area contributed by atoms with Gasteiger partial charge in [-0.2, -0.15) is 0 Å². The van der Waals surface area contributed by atoms with Crippen LogP contribution in [-0.2, 0) is 4.74 Å². The molecule has 1 saturated heterocycles. The maximum absolute atomic E-state index is 5.88. The van der Waals surface area contributed by atoms with Crippen molar-refractivity contribution in [2.24, 2.45) is 5.92 Å². The van der Waals surface area contributed by atoms with Crippen LogP contribution in [0.4, 0.5) is 0 Å². The minimum atomic E-state index is 0.111. The molecule has 2 N–H and O–H groups in total. The molecule has 2 rings (SSSR count). The number of rotatable bonds is 5. The third-order valence-corrected chi connectivity index (χ3v) is 4.24. The Bertz CT molecular complexity index is 228. The van der Waals surface area contributed by atoms with Crippen LogP contribution in [-0.4, -0.2) is 37.9 Å². The molecule has 3 heteroatoms. The van der Waals surface area contributed by atoms with Crippen molar-refractivity contribution in [3.8, 4) is 0 Å². The lowest BCUT2D eigenvalue weighted by Gasteiger charge is -2.39. The van der Waals surface area contributed by atoms with E-state index < -0.39 is 0 Å². The Labute approximate surface area is 106 Å². The Morgan fingerprint density at radius 1 is 1.24 bits per heavy atom. The maximum atomic E-state index is 5.88. The molecule has 0 radical (unpaired) electrons. The van der Waals surface area contributed by atoms with E-state index in [0.29, 0.717) is 0 Å². The van der Waals surface area contributed by atoms with Gasteiger partial charge in [-0.3, -0.25) is 0 Å². The molecule has 1 aliphatic carbocycles. The van der Waals surface area contributed by atoms with Crippen molar-refractivity contribution in [1.82, 2.24) is 10.6 Å². The highest BCUT2D eigenvalue weighted by atomic mass is 16.5. The van der Waals surface area contributed by atoms with Gasteiger partial charge >= 0.3 is 0 Å². The second-order valence-corrected chi connectivity index (χ2v) is 6.17. The second kappa shape index (κ2) is 6.17. The third kappa shape index (κ3) is 4.23. The van der Waals surface area contributed by atoms with Gasteiger partial charge in [0.1, 0.15) is 0 Å². The van der Waals surface area contributed by atoms with Crippen molar-refractivity contribution in [3.63, 3.8) is 0 Å². The van der Waals surface area contributed by atoms with Crippen LogP contribution < -0.4 is 10.6 Å². The second-order valence-electron chi connectivity index (χ2n) is 6.17. The van der Waals surface area contributed by atoms with E-state index in [-0.39, 0.29) is 5.60 Å². The summed E-state index contributed by atoms with van der Waals surface area (Å²) in [4.78, 5) is 0. The van der Waals surface area contributed by atoms with Crippen molar-refractivity contribution in [1.29, 1.82) is 0 Å². The summed E-state index contributed by atoms with van der Waals surface area (Å²) in [6.45, 7) is 8.45. The minimum Gasteiger partial charge on any atom is -0.371 e. The first kappa shape index (κ1) is 13.3. The molecule has 0 aromatic rings. The molecule has 3 nitrogen and oxygen atoms in total. The lowest BCUT2D eigenvalue weighted by molar-refractivity contribution is -0.0653. The molecular formula is C14H28N2O. The first-order valence-electron chi connectivity index (χ1n) is 7.26. The van der Waals surface area contributed by atoms with Crippen LogP contribution in [0.1, 0.15) is 46.0 Å². The molecule has 2 aliphatic rings. The largest absolute Gasteiger partial charge is 0.371 e. The molecule has 0 spiro atoms. The lowest BCUT2D eigenvalue weighted by atomic mass is 10.0. The molecule has 100 valence electrons. The van der Waals surface area contributed by atoms with E-state index in [0.717, 1.165) is 38.2 Å². The summed E-state index contributed by atoms with van der Waals surface area (Å²) in [5, 5.41) is 6.92. The van der Waals surface area contributed by atoms with Gasteiger partial charge in [0.25, 0.3) is 0 Å². The van der Waals surface area contributed by atoms with E-state index in [4.69, 9.17) is 4.74 Å². The van der Waals surface area contributed by atoms with Gasteiger partial charge < -0.3 is 15.4 Å². The molecule has 17 heavy (non-hydrogen) atoms. The average molecular weight is 240 g/mol. The highest BCUT2D eigenvalue weighted by Crippen LogP contribution is 2.22. The van der Waals surface area contributed by atoms with E-state index in [2.05, 4.69) is 24.5 Å². The smallest absolute Gasteiger partial charge is 0.0902 e. The molecule has 1 heterocycles. The Morgan fingerprint density at radius 2 is 2.06 bits per heavy atom. The van der Waals surface area contributed by atoms with Crippen LogP contribution in [0.2, 0.25) is 0 Å². The first-order valence-corrected chi connectivity index (χ1v) is 7.26. The zero-order valence-corrected chi connectivity index (χ0v) is 11.4. The zero-order valence-electron chi connectivity index (χ0n) is 11.4. The van der Waals surface area contributed by atoms with Crippen LogP contribution in [0, 0.1) is 5.92 Å². The fourth-order valence-electron chi connectivity index (χ4n) is 2.83. The minimum absolute atomic E-state index is 0.111. The summed E-state index contributed by atoms with van der Waals surface area (Å²) < 4.78 is 5.88. The van der Waals surface area contributed by atoms with Crippen LogP contribution in [0.25, 0.3) is 0 Å². The molecule has 2 unspecified atom stereocenters. The first-order chi connectivity index (χ1) is 8.18. The van der Waals surface area contributed by atoms with Gasteiger partial charge in [-0.1, -0.05) is 19.8 Å². The zero-order chi connectivity index (χ0) is 12.1. The quantitative estimate of drug-likeness (QED) is 0.569. The predicted octanol–water partition coefficient (Wildman–Crippen LogP) is 1.92. The fraction of sp³-hybridized carbons (Fsp3) is 1.00. The van der Waals surface area contributed by atoms with Crippen LogP contribution >= 0.6 is 0 Å². The standard InChI is InChI=1S/C14H28N2O/c1-12-4-3-5-13(7-6-12)16-8-9-17-14(2)10-15-11-14/h12-13,15-16H,3-11H2,1-2H3. The van der Waals surface area contributed by atoms with Crippen molar-refractivity contribution < 1.29 is 4.74 Å². The van der Waals surface area contributed by atoms with Gasteiger partial charge in [-0.05, 0) is 32.1 Å². The summed E-state index contributed by atoms with van der Waals surface area (Å²) >= 11 is 0. The van der Waals surface area contributed by atoms with Crippen LogP contribution in [0.3, 0.4) is 0 Å². The van der Waals surface area contributed by atoms with Crippen LogP contribution in [0.5, 0.6) is 0 Å². The van der Waals surface area contributed by atoms with E-state index in [1.54, 1.807) is 0 Å². The molecule has 0 aromatic carbocycles. The van der Waals surface area contributed by atoms with Gasteiger partial charge in [0, 0.05) is 25.7 Å². The summed E-state index contributed by atoms with van der Waals surface area (Å²) in [5.41, 5.74) is 0.111. The highest BCUT2D eigenvalue weighted by Gasteiger charge is 2.32. The fourth-order valence-corrected chi connectivity index (χ4v) is 2.83. The lowest BCUT2D eigenvalue weighted by Crippen LogP contribution is -2.59. The molecule has 2 atom stereocenters. The van der Waals surface area contributed by atoms with Crippen LogP contribution in [0.15, 0.2) is 0 Å². The van der Waals surface area contributed by atoms with E-state index >= 15 is 0 Å². The molecule has 1 saturated carbocycles. The SMILES string of the molecule is CC1CCCC(NCCOC2(C)CNC2)CC1. The summed E-state index contributed by atoms with van der Waals surface area (Å²) in [5.74, 6) is 0.929. The van der Waals surface area contributed by atoms with E-state index in [1.807, 2.05) is 0 Å². The number of hydrogen-bond acceptors (Lipinski definition) is 3. The summed E-state index contributed by atoms with van der Waals surface area (Å²) in [7, 11) is 0. The normalized spacial score (nSPS) is 32.8. The Kier molecular flexibility index (Phi) is 4.83. The van der Waals surface area contributed by atoms with Crippen molar-refractivity contribution in [3.05, 3.63) is 0 Å². The van der Waals surface area contributed by atoms with Gasteiger partial charge in [-0.15, -0.1) is 0 Å². The van der Waals surface area contributed by atoms with Gasteiger partial charge in [0.2, 0.25) is 0 Å². The summed E-state index contributed by atoms with van der Waals surface area (Å²) in [6, 6.07) is 0.732. The molecular weight excluding hydrogens is 212 g/mol. The van der Waals surface area contributed by atoms with Gasteiger partial charge in [0.15, 0.2) is 0 Å². The summed E-state index contributed by atoms with van der Waals surface area (Å²) in [6.07, 6.45) is 6.89. The predicted molar refractivity (Wildman–Crippen MR) is 71.3 cm³/mol. The maximum Gasteiger partial charge on any atom is 0.0902 e. The van der Waals surface area contributed by atoms with Crippen molar-refractivity contribution in [2.45, 2.75) is 57.6 Å². The Hall–Kier alpha value is -0.120. The number of ether oxygens (including phenoxy) is 1. The Balaban J connectivity index is 1.55. The van der Waals surface area contributed by atoms with E-state index in [9.17, 15) is 0 Å². The Morgan fingerprint density at radius 3 is 2.76 bits per heavy atom. The highest BCUT2D eigenvalue weighted by molar-refractivity contribution is 4.90. The average Bonchev–Trinajstić information content (AvgIpc) is 2.47. The topological polar surface area (TPSA) is 33.3 Å². The van der Waals surface area contributed by atoms with Crippen molar-refractivity contribution >= 4 is 0 Å².